The van der Waals surface area contributed by atoms with Crippen LogP contribution in [-0.2, 0) is 14.2 Å². The monoisotopic (exact) mass is 529 g/mol. The van der Waals surface area contributed by atoms with Gasteiger partial charge in [-0.1, -0.05) is 55.3 Å². The van der Waals surface area contributed by atoms with E-state index >= 15 is 0 Å². The Morgan fingerprint density at radius 1 is 1.10 bits per heavy atom. The molecule has 2 aromatic rings. The van der Waals surface area contributed by atoms with E-state index in [2.05, 4.69) is 13.0 Å². The van der Waals surface area contributed by atoms with Crippen LogP contribution in [0.1, 0.15) is 44.6 Å². The van der Waals surface area contributed by atoms with Crippen LogP contribution in [0.4, 0.5) is 0 Å². The summed E-state index contributed by atoms with van der Waals surface area (Å²) in [5.41, 5.74) is 4.18. The topological polar surface area (TPSA) is 96.3 Å². The summed E-state index contributed by atoms with van der Waals surface area (Å²) in [6, 6.07) is 16.7. The predicted molar refractivity (Wildman–Crippen MR) is 150 cm³/mol. The van der Waals surface area contributed by atoms with E-state index in [0.717, 1.165) is 41.7 Å². The molecule has 2 aliphatic heterocycles. The van der Waals surface area contributed by atoms with Crippen LogP contribution in [0, 0.1) is 17.8 Å². The first-order chi connectivity index (χ1) is 18.9. The number of nitrogens with zero attached hydrogens (tertiary/aromatic N) is 1. The van der Waals surface area contributed by atoms with Crippen molar-refractivity contribution in [3.63, 3.8) is 0 Å². The average Bonchev–Trinajstić information content (AvgIpc) is 3.14. The lowest BCUT2D eigenvalue weighted by molar-refractivity contribution is -0.138. The second-order valence-electron chi connectivity index (χ2n) is 10.8. The van der Waals surface area contributed by atoms with Crippen LogP contribution >= 0.6 is 0 Å². The molecule has 2 fully saturated rings. The fourth-order valence-electron chi connectivity index (χ4n) is 6.50. The van der Waals surface area contributed by atoms with Crippen molar-refractivity contribution in [1.82, 2.24) is 4.90 Å². The molecule has 204 valence electrons. The molecule has 0 bridgehead atoms. The van der Waals surface area contributed by atoms with Gasteiger partial charge in [-0.25, -0.2) is 0 Å². The van der Waals surface area contributed by atoms with Crippen molar-refractivity contribution < 1.29 is 29.1 Å². The van der Waals surface area contributed by atoms with E-state index in [4.69, 9.17) is 9.39 Å². The summed E-state index contributed by atoms with van der Waals surface area (Å²) in [7, 11) is 0.552. The van der Waals surface area contributed by atoms with Crippen LogP contribution in [0.2, 0.25) is 6.32 Å². The minimum absolute atomic E-state index is 0.155. The van der Waals surface area contributed by atoms with E-state index in [1.165, 1.54) is 10.5 Å². The minimum Gasteiger partial charge on any atom is -0.508 e. The van der Waals surface area contributed by atoms with Crippen LogP contribution in [0.25, 0.3) is 6.08 Å². The molecule has 2 N–H and O–H groups in total. The van der Waals surface area contributed by atoms with Crippen molar-refractivity contribution in [2.45, 2.75) is 51.5 Å². The maximum Gasteiger partial charge on any atom is 0.455 e. The summed E-state index contributed by atoms with van der Waals surface area (Å²) in [6.45, 7) is 2.44. The van der Waals surface area contributed by atoms with Crippen LogP contribution in [-0.4, -0.2) is 53.7 Å². The first-order valence-electron chi connectivity index (χ1n) is 13.9. The number of amides is 2. The Morgan fingerprint density at radius 3 is 2.64 bits per heavy atom. The van der Waals surface area contributed by atoms with Gasteiger partial charge < -0.3 is 19.5 Å². The van der Waals surface area contributed by atoms with Crippen LogP contribution in [0.15, 0.2) is 71.3 Å². The molecular weight excluding hydrogens is 493 g/mol. The second kappa shape index (κ2) is 11.8. The largest absolute Gasteiger partial charge is 0.508 e. The highest BCUT2D eigenvalue weighted by molar-refractivity contribution is 6.43. The number of hydrogen-bond donors (Lipinski definition) is 2. The maximum atomic E-state index is 13.2. The van der Waals surface area contributed by atoms with Crippen molar-refractivity contribution in [2.24, 2.45) is 17.8 Å². The molecule has 39 heavy (non-hydrogen) atoms. The number of imide groups is 1. The molecule has 2 aromatic carbocycles. The van der Waals surface area contributed by atoms with Gasteiger partial charge in [-0.05, 0) is 78.9 Å². The molecule has 4 atom stereocenters. The average molecular weight is 529 g/mol. The molecule has 0 saturated carbocycles. The Hall–Kier alpha value is -3.36. The Morgan fingerprint density at radius 2 is 1.90 bits per heavy atom. The summed E-state index contributed by atoms with van der Waals surface area (Å²) in [5.74, 6) is -0.528. The molecule has 2 heterocycles. The number of para-hydroxylation sites is 1. The van der Waals surface area contributed by atoms with E-state index in [-0.39, 0.29) is 35.9 Å². The van der Waals surface area contributed by atoms with Gasteiger partial charge in [0.1, 0.15) is 18.1 Å². The lowest BCUT2D eigenvalue weighted by Crippen LogP contribution is -2.46. The highest BCUT2D eigenvalue weighted by Crippen LogP contribution is 2.50. The van der Waals surface area contributed by atoms with Gasteiger partial charge in [-0.3, -0.25) is 14.5 Å². The quantitative estimate of drug-likeness (QED) is 0.274. The molecule has 2 saturated heterocycles. The number of aromatic hydroxyl groups is 1. The van der Waals surface area contributed by atoms with Crippen molar-refractivity contribution in [3.05, 3.63) is 76.9 Å². The number of likely N-dealkylation sites (tertiary alicyclic amines) is 1. The molecule has 1 aliphatic carbocycles. The molecule has 5 rings (SSSR count). The molecule has 0 unspecified atom stereocenters. The SMILES string of the molecule is CCC/C(=C\c1cccc(O)c1)CC[C@H]1OB(O)C[C@H]2C1=C(COc1ccccc1)C[C@H]1C(=O)N(C)C(=O)[C@H]12. The number of allylic oxidation sites excluding steroid dienone is 1. The Labute approximate surface area is 230 Å². The second-order valence-corrected chi connectivity index (χ2v) is 10.8. The standard InChI is InChI=1S/C31H36BNO6/c1-3-8-20(15-21-9-7-10-23(34)16-21)13-14-27-28-22(19-38-24-11-5-4-6-12-24)17-25-29(26(28)18-32(37)39-27)31(36)33(2)30(25)35/h4-7,9-12,15-16,25-27,29,34,37H,3,8,13-14,17-19H2,1-2H3/b20-15+/t25-,26+,27-,29-/m1/s1. The molecule has 0 spiro atoms. The number of benzene rings is 2. The molecule has 0 radical (unpaired) electrons. The third-order valence-electron chi connectivity index (χ3n) is 8.22. The van der Waals surface area contributed by atoms with E-state index < -0.39 is 19.0 Å². The summed E-state index contributed by atoms with van der Waals surface area (Å²) in [5, 5.41) is 20.7. The van der Waals surface area contributed by atoms with Crippen molar-refractivity contribution in [1.29, 1.82) is 0 Å². The van der Waals surface area contributed by atoms with Gasteiger partial charge in [0, 0.05) is 7.05 Å². The zero-order chi connectivity index (χ0) is 27.5. The van der Waals surface area contributed by atoms with Gasteiger partial charge in [-0.2, -0.15) is 0 Å². The summed E-state index contributed by atoms with van der Waals surface area (Å²) in [4.78, 5) is 27.5. The number of phenols is 1. The van der Waals surface area contributed by atoms with Gasteiger partial charge in [0.05, 0.1) is 17.9 Å². The molecule has 8 heteroatoms. The number of fused-ring (bicyclic) bond motifs is 3. The number of hydrogen-bond acceptors (Lipinski definition) is 6. The fraction of sp³-hybridized carbons (Fsp3) is 0.419. The Bertz CT molecular complexity index is 1270. The predicted octanol–water partition coefficient (Wildman–Crippen LogP) is 4.86. The summed E-state index contributed by atoms with van der Waals surface area (Å²) < 4.78 is 12.3. The third kappa shape index (κ3) is 5.82. The van der Waals surface area contributed by atoms with Crippen LogP contribution in [0.3, 0.4) is 0 Å². The fourth-order valence-corrected chi connectivity index (χ4v) is 6.50. The normalized spacial score (nSPS) is 25.2. The van der Waals surface area contributed by atoms with Gasteiger partial charge in [-0.15, -0.1) is 0 Å². The first-order valence-corrected chi connectivity index (χ1v) is 13.9. The highest BCUT2D eigenvalue weighted by Gasteiger charge is 2.56. The molecule has 2 amide bonds. The van der Waals surface area contributed by atoms with Gasteiger partial charge in [0.2, 0.25) is 11.8 Å². The lowest BCUT2D eigenvalue weighted by Gasteiger charge is -2.43. The van der Waals surface area contributed by atoms with E-state index in [9.17, 15) is 19.7 Å². The Kier molecular flexibility index (Phi) is 8.24. The van der Waals surface area contributed by atoms with Crippen molar-refractivity contribution >= 4 is 25.0 Å². The highest BCUT2D eigenvalue weighted by atomic mass is 16.5. The van der Waals surface area contributed by atoms with Crippen molar-refractivity contribution in [2.75, 3.05) is 13.7 Å². The smallest absolute Gasteiger partial charge is 0.455 e. The number of phenolic OH excluding ortho intramolecular Hbond substituents is 1. The number of carbonyl (C=O) groups excluding carboxylic acids is 2. The molecule has 3 aliphatic rings. The van der Waals surface area contributed by atoms with Crippen LogP contribution < -0.4 is 4.74 Å². The van der Waals surface area contributed by atoms with Crippen LogP contribution in [0.5, 0.6) is 11.5 Å². The van der Waals surface area contributed by atoms with Gasteiger partial charge >= 0.3 is 7.12 Å². The van der Waals surface area contributed by atoms with Gasteiger partial charge in [0.25, 0.3) is 0 Å². The molecule has 7 nitrogen and oxygen atoms in total. The Balaban J connectivity index is 1.45. The zero-order valence-electron chi connectivity index (χ0n) is 22.6. The lowest BCUT2D eigenvalue weighted by atomic mass is 9.58. The van der Waals surface area contributed by atoms with E-state index in [1.807, 2.05) is 42.5 Å². The summed E-state index contributed by atoms with van der Waals surface area (Å²) in [6.07, 6.45) is 5.73. The number of ether oxygens (including phenoxy) is 1. The number of carbonyl (C=O) groups is 2. The molecule has 0 aromatic heterocycles. The first kappa shape index (κ1) is 27.2. The third-order valence-corrected chi connectivity index (χ3v) is 8.22. The van der Waals surface area contributed by atoms with E-state index in [0.29, 0.717) is 19.4 Å². The summed E-state index contributed by atoms with van der Waals surface area (Å²) >= 11 is 0. The molecular formula is C31H36BNO6. The van der Waals surface area contributed by atoms with Crippen molar-refractivity contribution in [3.8, 4) is 11.5 Å². The zero-order valence-corrected chi connectivity index (χ0v) is 22.6. The van der Waals surface area contributed by atoms with E-state index in [1.54, 1.807) is 19.2 Å². The van der Waals surface area contributed by atoms with Gasteiger partial charge in [0.15, 0.2) is 0 Å². The maximum absolute atomic E-state index is 13.2. The minimum atomic E-state index is -1.00. The number of rotatable bonds is 9.